The third kappa shape index (κ3) is 2.86. The molecule has 0 unspecified atom stereocenters. The summed E-state index contributed by atoms with van der Waals surface area (Å²) < 4.78 is 34.0. The Labute approximate surface area is 135 Å². The Balaban J connectivity index is 2.14. The van der Waals surface area contributed by atoms with Crippen molar-refractivity contribution in [2.75, 3.05) is 24.7 Å². The number of nitrogens with zero attached hydrogens (tertiary/aromatic N) is 1. The highest BCUT2D eigenvalue weighted by molar-refractivity contribution is 8.13. The molecule has 0 radical (unpaired) electrons. The summed E-state index contributed by atoms with van der Waals surface area (Å²) in [6.45, 7) is -0.127. The maximum absolute atomic E-state index is 14.4. The summed E-state index contributed by atoms with van der Waals surface area (Å²) in [6, 6.07) is 4.00. The van der Waals surface area contributed by atoms with Crippen molar-refractivity contribution in [1.82, 2.24) is 5.32 Å². The number of amides is 1. The van der Waals surface area contributed by atoms with Gasteiger partial charge in [0.15, 0.2) is 5.17 Å². The van der Waals surface area contributed by atoms with Crippen LogP contribution in [0, 0.1) is 11.7 Å². The number of nitrogens with two attached hydrogens (primary N) is 1. The molecular weight excluding hydrogens is 328 g/mol. The first-order valence-corrected chi connectivity index (χ1v) is 7.91. The van der Waals surface area contributed by atoms with Crippen molar-refractivity contribution in [1.29, 1.82) is 0 Å². The highest BCUT2D eigenvalue weighted by atomic mass is 32.2. The van der Waals surface area contributed by atoms with Crippen LogP contribution in [-0.4, -0.2) is 41.5 Å². The number of halogens is 2. The molecular formula is C14H15F2N3O3S. The minimum atomic E-state index is -1.33. The number of rotatable bonds is 1. The Morgan fingerprint density at radius 2 is 2.35 bits per heavy atom. The van der Waals surface area contributed by atoms with E-state index in [0.29, 0.717) is 5.69 Å². The van der Waals surface area contributed by atoms with E-state index in [9.17, 15) is 13.6 Å². The van der Waals surface area contributed by atoms with Crippen LogP contribution in [0.4, 0.5) is 19.3 Å². The normalized spacial score (nSPS) is 30.3. The molecule has 6 nitrogen and oxygen atoms in total. The van der Waals surface area contributed by atoms with Crippen molar-refractivity contribution in [3.8, 4) is 0 Å². The third-order valence-corrected chi connectivity index (χ3v) is 5.01. The minimum absolute atomic E-state index is 0.0379. The number of fused-ring (bicyclic) bond motifs is 1. The Bertz CT molecular complexity index is 673. The van der Waals surface area contributed by atoms with Gasteiger partial charge in [-0.15, -0.1) is 0 Å². The molecule has 1 amide bonds. The minimum Gasteiger partial charge on any atom is -0.465 e. The van der Waals surface area contributed by atoms with Crippen molar-refractivity contribution in [2.24, 2.45) is 10.9 Å². The van der Waals surface area contributed by atoms with Crippen LogP contribution >= 0.6 is 11.8 Å². The van der Waals surface area contributed by atoms with E-state index in [1.165, 1.54) is 18.2 Å². The second-order valence-electron chi connectivity index (χ2n) is 5.46. The summed E-state index contributed by atoms with van der Waals surface area (Å²) in [7, 11) is 0. The van der Waals surface area contributed by atoms with Gasteiger partial charge >= 0.3 is 6.09 Å². The number of alkyl halides is 1. The standard InChI is InChI=1S/C14H15F2N3O3S/c15-10-2-1-7(17)3-8(10)14-6-22-4-11(16)9(14)5-23-12(19-14)18-13(20)21/h1-3,9,11H,4-6,17H2,(H,18,19)(H,20,21)/t9-,11-,14-/m1/s1. The van der Waals surface area contributed by atoms with Gasteiger partial charge in [0.25, 0.3) is 0 Å². The maximum Gasteiger partial charge on any atom is 0.410 e. The number of thioether (sulfide) groups is 1. The average Bonchev–Trinajstić information content (AvgIpc) is 2.49. The van der Waals surface area contributed by atoms with Crippen LogP contribution in [0.3, 0.4) is 0 Å². The zero-order chi connectivity index (χ0) is 16.6. The molecule has 0 saturated carbocycles. The number of carbonyl (C=O) groups is 1. The van der Waals surface area contributed by atoms with E-state index in [4.69, 9.17) is 15.6 Å². The third-order valence-electron chi connectivity index (χ3n) is 4.02. The maximum atomic E-state index is 14.4. The van der Waals surface area contributed by atoms with Gasteiger partial charge in [-0.25, -0.2) is 18.6 Å². The van der Waals surface area contributed by atoms with Gasteiger partial charge in [-0.05, 0) is 18.2 Å². The SMILES string of the molecule is Nc1ccc(F)c([C@]23COC[C@@H](F)[C@H]2CSC(NC(=O)O)=N3)c1. The average molecular weight is 343 g/mol. The quantitative estimate of drug-likeness (QED) is 0.677. The molecule has 124 valence electrons. The smallest absolute Gasteiger partial charge is 0.410 e. The van der Waals surface area contributed by atoms with Gasteiger partial charge in [0, 0.05) is 22.9 Å². The summed E-state index contributed by atoms with van der Waals surface area (Å²) in [5.74, 6) is -0.943. The van der Waals surface area contributed by atoms with E-state index >= 15 is 0 Å². The second kappa shape index (κ2) is 5.97. The van der Waals surface area contributed by atoms with Crippen molar-refractivity contribution in [3.05, 3.63) is 29.6 Å². The van der Waals surface area contributed by atoms with E-state index in [-0.39, 0.29) is 29.7 Å². The molecule has 23 heavy (non-hydrogen) atoms. The van der Waals surface area contributed by atoms with Crippen molar-refractivity contribution in [2.45, 2.75) is 11.7 Å². The number of benzene rings is 1. The number of aliphatic imine (C=N–C) groups is 1. The van der Waals surface area contributed by atoms with Gasteiger partial charge in [0.1, 0.15) is 17.5 Å². The Hall–Kier alpha value is -1.87. The zero-order valence-electron chi connectivity index (χ0n) is 12.0. The van der Waals surface area contributed by atoms with Crippen LogP contribution in [0.5, 0.6) is 0 Å². The Morgan fingerprint density at radius 3 is 3.09 bits per heavy atom. The van der Waals surface area contributed by atoms with Crippen LogP contribution in [0.15, 0.2) is 23.2 Å². The topological polar surface area (TPSA) is 96.9 Å². The number of amidine groups is 1. The Kier molecular flexibility index (Phi) is 4.15. The first-order valence-electron chi connectivity index (χ1n) is 6.92. The molecule has 1 aromatic carbocycles. The molecule has 0 bridgehead atoms. The van der Waals surface area contributed by atoms with Crippen molar-refractivity contribution in [3.63, 3.8) is 0 Å². The predicted octanol–water partition coefficient (Wildman–Crippen LogP) is 1.96. The van der Waals surface area contributed by atoms with Gasteiger partial charge in [-0.1, -0.05) is 11.8 Å². The lowest BCUT2D eigenvalue weighted by Gasteiger charge is -2.45. The molecule has 2 heterocycles. The molecule has 1 fully saturated rings. The van der Waals surface area contributed by atoms with Gasteiger partial charge in [-0.3, -0.25) is 5.32 Å². The monoisotopic (exact) mass is 343 g/mol. The van der Waals surface area contributed by atoms with E-state index in [0.717, 1.165) is 11.8 Å². The van der Waals surface area contributed by atoms with Gasteiger partial charge in [0.2, 0.25) is 0 Å². The fourth-order valence-corrected chi connectivity index (χ4v) is 4.17. The van der Waals surface area contributed by atoms with Crippen molar-refractivity contribution >= 4 is 28.7 Å². The molecule has 4 N–H and O–H groups in total. The summed E-state index contributed by atoms with van der Waals surface area (Å²) in [4.78, 5) is 15.2. The Morgan fingerprint density at radius 1 is 1.57 bits per heavy atom. The first kappa shape index (κ1) is 16.0. The summed E-state index contributed by atoms with van der Waals surface area (Å²) in [6.07, 6.45) is -2.61. The molecule has 9 heteroatoms. The molecule has 3 atom stereocenters. The molecule has 0 spiro atoms. The molecule has 2 aliphatic rings. The fourth-order valence-electron chi connectivity index (χ4n) is 2.96. The fraction of sp³-hybridized carbons (Fsp3) is 0.429. The van der Waals surface area contributed by atoms with E-state index in [2.05, 4.69) is 10.3 Å². The van der Waals surface area contributed by atoms with Crippen LogP contribution in [0.2, 0.25) is 0 Å². The van der Waals surface area contributed by atoms with E-state index in [1.807, 2.05) is 0 Å². The molecule has 0 aromatic heterocycles. The van der Waals surface area contributed by atoms with Crippen LogP contribution in [0.1, 0.15) is 5.56 Å². The van der Waals surface area contributed by atoms with Crippen LogP contribution in [-0.2, 0) is 10.3 Å². The highest BCUT2D eigenvalue weighted by Gasteiger charge is 2.52. The van der Waals surface area contributed by atoms with Crippen molar-refractivity contribution < 1.29 is 23.4 Å². The van der Waals surface area contributed by atoms with Gasteiger partial charge < -0.3 is 15.6 Å². The first-order chi connectivity index (χ1) is 10.9. The van der Waals surface area contributed by atoms with Crippen LogP contribution < -0.4 is 11.1 Å². The molecule has 3 rings (SSSR count). The number of nitrogens with one attached hydrogen (secondary N) is 1. The van der Waals surface area contributed by atoms with E-state index in [1.54, 1.807) is 0 Å². The number of anilines is 1. The zero-order valence-corrected chi connectivity index (χ0v) is 12.8. The van der Waals surface area contributed by atoms with Crippen LogP contribution in [0.25, 0.3) is 0 Å². The second-order valence-corrected chi connectivity index (χ2v) is 6.47. The number of hydrogen-bond acceptors (Lipinski definition) is 5. The lowest BCUT2D eigenvalue weighted by Crippen LogP contribution is -2.54. The summed E-state index contributed by atoms with van der Waals surface area (Å²) >= 11 is 1.09. The summed E-state index contributed by atoms with van der Waals surface area (Å²) in [5, 5.41) is 11.1. The number of hydrogen-bond donors (Lipinski definition) is 3. The van der Waals surface area contributed by atoms with Gasteiger partial charge in [0.05, 0.1) is 13.2 Å². The molecule has 1 saturated heterocycles. The highest BCUT2D eigenvalue weighted by Crippen LogP contribution is 2.46. The number of carboxylic acid groups (broad SMARTS) is 1. The summed E-state index contributed by atoms with van der Waals surface area (Å²) in [5.41, 5.74) is 4.84. The number of nitrogen functional groups attached to an aromatic ring is 1. The number of ether oxygens (including phenoxy) is 1. The lowest BCUT2D eigenvalue weighted by atomic mass is 9.75. The lowest BCUT2D eigenvalue weighted by molar-refractivity contribution is -0.0527. The largest absolute Gasteiger partial charge is 0.465 e. The predicted molar refractivity (Wildman–Crippen MR) is 82.7 cm³/mol. The molecule has 0 aliphatic carbocycles. The molecule has 2 aliphatic heterocycles. The molecule has 1 aromatic rings. The van der Waals surface area contributed by atoms with E-state index < -0.39 is 29.5 Å². The van der Waals surface area contributed by atoms with Gasteiger partial charge in [-0.2, -0.15) is 0 Å².